The SMILES string of the molecule is COCCNC(=O)COC(=O)[C@@H](NC(=O)c1ccccc1Cl)C(C)C. The van der Waals surface area contributed by atoms with Crippen molar-refractivity contribution in [2.24, 2.45) is 5.92 Å². The van der Waals surface area contributed by atoms with Gasteiger partial charge in [-0.25, -0.2) is 4.79 Å². The second-order valence-corrected chi connectivity index (χ2v) is 6.03. The van der Waals surface area contributed by atoms with E-state index in [2.05, 4.69) is 10.6 Å². The zero-order valence-corrected chi connectivity index (χ0v) is 15.3. The minimum Gasteiger partial charge on any atom is -0.454 e. The van der Waals surface area contributed by atoms with Crippen LogP contribution in [0, 0.1) is 5.92 Å². The van der Waals surface area contributed by atoms with Crippen molar-refractivity contribution in [2.75, 3.05) is 26.9 Å². The molecule has 0 heterocycles. The highest BCUT2D eigenvalue weighted by atomic mass is 35.5. The third-order valence-corrected chi connectivity index (χ3v) is 3.63. The molecular weight excluding hydrogens is 348 g/mol. The first-order valence-electron chi connectivity index (χ1n) is 7.84. The van der Waals surface area contributed by atoms with E-state index in [4.69, 9.17) is 21.1 Å². The lowest BCUT2D eigenvalue weighted by molar-refractivity contribution is -0.151. The number of rotatable bonds is 9. The van der Waals surface area contributed by atoms with E-state index >= 15 is 0 Å². The molecule has 1 aromatic carbocycles. The van der Waals surface area contributed by atoms with E-state index in [0.29, 0.717) is 13.2 Å². The highest BCUT2D eigenvalue weighted by Gasteiger charge is 2.27. The van der Waals surface area contributed by atoms with Gasteiger partial charge in [-0.15, -0.1) is 0 Å². The van der Waals surface area contributed by atoms with Crippen LogP contribution in [0.3, 0.4) is 0 Å². The quantitative estimate of drug-likeness (QED) is 0.506. The fourth-order valence-electron chi connectivity index (χ4n) is 1.93. The van der Waals surface area contributed by atoms with Gasteiger partial charge < -0.3 is 20.1 Å². The van der Waals surface area contributed by atoms with Crippen LogP contribution in [0.1, 0.15) is 24.2 Å². The number of benzene rings is 1. The Morgan fingerprint density at radius 3 is 2.48 bits per heavy atom. The lowest BCUT2D eigenvalue weighted by Gasteiger charge is -2.21. The number of carbonyl (C=O) groups excluding carboxylic acids is 3. The molecule has 8 heteroatoms. The molecule has 0 aliphatic rings. The highest BCUT2D eigenvalue weighted by molar-refractivity contribution is 6.33. The Labute approximate surface area is 152 Å². The lowest BCUT2D eigenvalue weighted by atomic mass is 10.0. The number of hydrogen-bond donors (Lipinski definition) is 2. The fraction of sp³-hybridized carbons (Fsp3) is 0.471. The van der Waals surface area contributed by atoms with E-state index in [1.54, 1.807) is 38.1 Å². The normalized spacial score (nSPS) is 11.7. The van der Waals surface area contributed by atoms with Gasteiger partial charge >= 0.3 is 5.97 Å². The summed E-state index contributed by atoms with van der Waals surface area (Å²) in [5.74, 6) is -1.83. The van der Waals surface area contributed by atoms with Crippen LogP contribution in [0.2, 0.25) is 5.02 Å². The molecule has 0 radical (unpaired) electrons. The first kappa shape index (κ1) is 20.9. The van der Waals surface area contributed by atoms with E-state index in [9.17, 15) is 14.4 Å². The summed E-state index contributed by atoms with van der Waals surface area (Å²) in [6, 6.07) is 5.63. The van der Waals surface area contributed by atoms with Gasteiger partial charge in [0.05, 0.1) is 17.2 Å². The summed E-state index contributed by atoms with van der Waals surface area (Å²) in [5.41, 5.74) is 0.264. The predicted octanol–water partition coefficient (Wildman–Crippen LogP) is 1.40. The Morgan fingerprint density at radius 2 is 1.88 bits per heavy atom. The third-order valence-electron chi connectivity index (χ3n) is 3.30. The molecule has 0 aromatic heterocycles. The number of amides is 2. The van der Waals surface area contributed by atoms with Crippen molar-refractivity contribution in [3.05, 3.63) is 34.9 Å². The number of ether oxygens (including phenoxy) is 2. The summed E-state index contributed by atoms with van der Waals surface area (Å²) in [6.07, 6.45) is 0. The first-order chi connectivity index (χ1) is 11.9. The maximum absolute atomic E-state index is 12.3. The van der Waals surface area contributed by atoms with Gasteiger partial charge in [-0.3, -0.25) is 9.59 Å². The summed E-state index contributed by atoms with van der Waals surface area (Å²) in [7, 11) is 1.51. The molecule has 0 bridgehead atoms. The van der Waals surface area contributed by atoms with Gasteiger partial charge in [-0.05, 0) is 18.1 Å². The van der Waals surface area contributed by atoms with Crippen molar-refractivity contribution in [1.82, 2.24) is 10.6 Å². The Morgan fingerprint density at radius 1 is 1.20 bits per heavy atom. The molecule has 7 nitrogen and oxygen atoms in total. The van der Waals surface area contributed by atoms with E-state index in [1.165, 1.54) is 7.11 Å². The van der Waals surface area contributed by atoms with Gasteiger partial charge in [0.15, 0.2) is 6.61 Å². The van der Waals surface area contributed by atoms with E-state index in [0.717, 1.165) is 0 Å². The smallest absolute Gasteiger partial charge is 0.329 e. The van der Waals surface area contributed by atoms with Gasteiger partial charge in [0.2, 0.25) is 0 Å². The van der Waals surface area contributed by atoms with Crippen molar-refractivity contribution < 1.29 is 23.9 Å². The first-order valence-corrected chi connectivity index (χ1v) is 8.22. The summed E-state index contributed by atoms with van der Waals surface area (Å²) < 4.78 is 9.79. The standard InChI is InChI=1S/C17H23ClN2O5/c1-11(2)15(17(23)25-10-14(21)19-8-9-24-3)20-16(22)12-6-4-5-7-13(12)18/h4-7,11,15H,8-10H2,1-3H3,(H,19,21)(H,20,22)/t15-/m0/s1. The maximum Gasteiger partial charge on any atom is 0.329 e. The number of halogens is 1. The van der Waals surface area contributed by atoms with E-state index in [1.807, 2.05) is 0 Å². The zero-order valence-electron chi connectivity index (χ0n) is 14.5. The highest BCUT2D eigenvalue weighted by Crippen LogP contribution is 2.15. The van der Waals surface area contributed by atoms with Crippen LogP contribution in [-0.4, -0.2) is 50.7 Å². The molecule has 1 atom stereocenters. The second-order valence-electron chi connectivity index (χ2n) is 5.63. The molecule has 138 valence electrons. The molecule has 1 rings (SSSR count). The summed E-state index contributed by atoms with van der Waals surface area (Å²) in [5, 5.41) is 5.42. The Bertz CT molecular complexity index is 606. The molecule has 0 fully saturated rings. The average Bonchev–Trinajstić information content (AvgIpc) is 2.57. The number of nitrogens with one attached hydrogen (secondary N) is 2. The van der Waals surface area contributed by atoms with Crippen molar-refractivity contribution in [3.8, 4) is 0 Å². The number of methoxy groups -OCH3 is 1. The number of hydrogen-bond acceptors (Lipinski definition) is 5. The zero-order chi connectivity index (χ0) is 18.8. The lowest BCUT2D eigenvalue weighted by Crippen LogP contribution is -2.46. The molecule has 2 N–H and O–H groups in total. The molecule has 0 aliphatic carbocycles. The molecule has 25 heavy (non-hydrogen) atoms. The van der Waals surface area contributed by atoms with Crippen molar-refractivity contribution in [1.29, 1.82) is 0 Å². The monoisotopic (exact) mass is 370 g/mol. The summed E-state index contributed by atoms with van der Waals surface area (Å²) in [4.78, 5) is 36.1. The fourth-order valence-corrected chi connectivity index (χ4v) is 2.15. The molecule has 0 spiro atoms. The van der Waals surface area contributed by atoms with Crippen LogP contribution in [0.4, 0.5) is 0 Å². The van der Waals surface area contributed by atoms with Crippen LogP contribution in [0.25, 0.3) is 0 Å². The predicted molar refractivity (Wildman–Crippen MR) is 93.4 cm³/mol. The minimum atomic E-state index is -0.893. The van der Waals surface area contributed by atoms with Crippen LogP contribution in [0.5, 0.6) is 0 Å². The second kappa shape index (κ2) is 10.7. The number of carbonyl (C=O) groups is 3. The van der Waals surface area contributed by atoms with Crippen LogP contribution in [-0.2, 0) is 19.1 Å². The summed E-state index contributed by atoms with van der Waals surface area (Å²) >= 11 is 5.98. The minimum absolute atomic E-state index is 0.226. The van der Waals surface area contributed by atoms with Gasteiger partial charge in [-0.1, -0.05) is 37.6 Å². The molecule has 0 aliphatic heterocycles. The molecular formula is C17H23ClN2O5. The van der Waals surface area contributed by atoms with Crippen molar-refractivity contribution >= 4 is 29.4 Å². The Balaban J connectivity index is 2.61. The van der Waals surface area contributed by atoms with Gasteiger partial charge in [-0.2, -0.15) is 0 Å². The van der Waals surface area contributed by atoms with E-state index < -0.39 is 30.4 Å². The summed E-state index contributed by atoms with van der Waals surface area (Å²) in [6.45, 7) is 3.79. The van der Waals surface area contributed by atoms with Crippen LogP contribution < -0.4 is 10.6 Å². The maximum atomic E-state index is 12.3. The average molecular weight is 371 g/mol. The topological polar surface area (TPSA) is 93.7 Å². The van der Waals surface area contributed by atoms with E-state index in [-0.39, 0.29) is 16.5 Å². The molecule has 0 saturated heterocycles. The largest absolute Gasteiger partial charge is 0.454 e. The Kier molecular flexibility index (Phi) is 8.94. The van der Waals surface area contributed by atoms with Gasteiger partial charge in [0, 0.05) is 13.7 Å². The van der Waals surface area contributed by atoms with Gasteiger partial charge in [0.25, 0.3) is 11.8 Å². The molecule has 1 aromatic rings. The molecule has 0 saturated carbocycles. The van der Waals surface area contributed by atoms with Crippen LogP contribution in [0.15, 0.2) is 24.3 Å². The van der Waals surface area contributed by atoms with Crippen molar-refractivity contribution in [2.45, 2.75) is 19.9 Å². The number of esters is 1. The van der Waals surface area contributed by atoms with Crippen molar-refractivity contribution in [3.63, 3.8) is 0 Å². The molecule has 2 amide bonds. The Hall–Kier alpha value is -2.12. The molecule has 0 unspecified atom stereocenters. The third kappa shape index (κ3) is 7.11. The van der Waals surface area contributed by atoms with Gasteiger partial charge in [0.1, 0.15) is 6.04 Å². The van der Waals surface area contributed by atoms with Crippen LogP contribution >= 0.6 is 11.6 Å².